The smallest absolute Gasteiger partial charge is 0.161 e. The summed E-state index contributed by atoms with van der Waals surface area (Å²) >= 11 is 0. The molecule has 1 fully saturated rings. The Hall–Kier alpha value is -4.84. The molecule has 0 aliphatic carbocycles. The maximum Gasteiger partial charge on any atom is 0.161 e. The second kappa shape index (κ2) is 16.7. The Balaban J connectivity index is 1.29. The van der Waals surface area contributed by atoms with Gasteiger partial charge in [-0.05, 0) is 96.5 Å². The lowest BCUT2D eigenvalue weighted by molar-refractivity contribution is 0.0281. The Morgan fingerprint density at radius 2 is 0.885 bits per heavy atom. The number of methoxy groups -OCH3 is 5. The molecule has 0 saturated carbocycles. The first kappa shape index (κ1) is 38.4. The van der Waals surface area contributed by atoms with Crippen LogP contribution in [0, 0.1) is 11.8 Å². The van der Waals surface area contributed by atoms with Gasteiger partial charge in [-0.25, -0.2) is 0 Å². The van der Waals surface area contributed by atoms with Gasteiger partial charge >= 0.3 is 0 Å². The number of benzene rings is 4. The summed E-state index contributed by atoms with van der Waals surface area (Å²) in [4.78, 5) is 0. The number of aliphatic hydroxyl groups excluding tert-OH is 2. The molecule has 1 aliphatic rings. The van der Waals surface area contributed by atoms with Crippen molar-refractivity contribution in [1.82, 2.24) is 0 Å². The molecule has 4 aromatic rings. The quantitative estimate of drug-likeness (QED) is 0.113. The Morgan fingerprint density at radius 3 is 1.33 bits per heavy atom. The summed E-state index contributed by atoms with van der Waals surface area (Å²) in [6.07, 6.45) is -3.62. The molecule has 11 nitrogen and oxygen atoms in total. The van der Waals surface area contributed by atoms with E-state index in [1.54, 1.807) is 72.6 Å². The van der Waals surface area contributed by atoms with E-state index in [1.807, 2.05) is 36.4 Å². The number of phenols is 1. The normalized spacial score (nSPS) is 20.7. The molecule has 0 bridgehead atoms. The van der Waals surface area contributed by atoms with Gasteiger partial charge in [-0.2, -0.15) is 0 Å². The molecule has 1 heterocycles. The van der Waals surface area contributed by atoms with E-state index in [1.165, 1.54) is 13.2 Å². The number of aromatic hydroxyl groups is 1. The highest BCUT2D eigenvalue weighted by Gasteiger charge is 2.41. The average molecular weight is 719 g/mol. The van der Waals surface area contributed by atoms with Crippen molar-refractivity contribution in [1.29, 1.82) is 0 Å². The lowest BCUT2D eigenvalue weighted by Crippen LogP contribution is -2.22. The lowest BCUT2D eigenvalue weighted by atomic mass is 9.85. The molecule has 52 heavy (non-hydrogen) atoms. The van der Waals surface area contributed by atoms with Crippen LogP contribution in [0.15, 0.2) is 72.8 Å². The Morgan fingerprint density at radius 1 is 0.500 bits per heavy atom. The van der Waals surface area contributed by atoms with Gasteiger partial charge in [0.2, 0.25) is 0 Å². The number of ether oxygens (including phenoxy) is 8. The van der Waals surface area contributed by atoms with Gasteiger partial charge in [0, 0.05) is 0 Å². The minimum absolute atomic E-state index is 0.0108. The SMILES string of the molecule is COc1cc([C@@H](O)[C@@H](C)Oc2ccc([C@H]3O[C@H](c4ccc(O[C@H](C)[C@H](O)c5ccc(OC)c(OC)c5)c(OC)c4)[C@H](C)[C@H]3C)cc2OC)ccc1O. The largest absolute Gasteiger partial charge is 0.504 e. The van der Waals surface area contributed by atoms with Gasteiger partial charge in [-0.3, -0.25) is 0 Å². The van der Waals surface area contributed by atoms with Crippen molar-refractivity contribution in [3.63, 3.8) is 0 Å². The van der Waals surface area contributed by atoms with Crippen LogP contribution < -0.4 is 33.2 Å². The standard InChI is InChI=1S/C41H50O11/c1-22-23(2)41(29-13-17-33(37(21-29)49-9)51-25(4)39(44)27-11-15-31(45-5)35(19-27)47-7)52-40(22)28-12-16-32(36(20-28)48-8)50-24(3)38(43)26-10-14-30(42)34(18-26)46-6/h10-25,38-44H,1-9H3/t22-,23-,24-,25-,38+,39+,40+,41+/m1/s1. The number of hydrogen-bond acceptors (Lipinski definition) is 11. The molecule has 0 amide bonds. The summed E-state index contributed by atoms with van der Waals surface area (Å²) in [6, 6.07) is 21.4. The van der Waals surface area contributed by atoms with Gasteiger partial charge < -0.3 is 53.2 Å². The third-order valence-corrected chi connectivity index (χ3v) is 9.92. The summed E-state index contributed by atoms with van der Waals surface area (Å²) in [5.74, 6) is 3.68. The maximum atomic E-state index is 11.1. The molecule has 3 N–H and O–H groups in total. The van der Waals surface area contributed by atoms with Gasteiger partial charge in [0.15, 0.2) is 46.0 Å². The molecule has 0 unspecified atom stereocenters. The lowest BCUT2D eigenvalue weighted by Gasteiger charge is -2.24. The van der Waals surface area contributed by atoms with Gasteiger partial charge in [0.05, 0.1) is 47.8 Å². The molecule has 0 radical (unpaired) electrons. The van der Waals surface area contributed by atoms with Crippen molar-refractivity contribution < 1.29 is 53.2 Å². The first-order chi connectivity index (χ1) is 24.9. The van der Waals surface area contributed by atoms with Crippen LogP contribution in [0.4, 0.5) is 0 Å². The molecular weight excluding hydrogens is 668 g/mol. The second-order valence-corrected chi connectivity index (χ2v) is 13.1. The molecule has 1 saturated heterocycles. The van der Waals surface area contributed by atoms with Crippen LogP contribution in [0.5, 0.6) is 46.0 Å². The van der Waals surface area contributed by atoms with Gasteiger partial charge in [-0.1, -0.05) is 38.1 Å². The van der Waals surface area contributed by atoms with Crippen LogP contribution in [-0.2, 0) is 4.74 Å². The van der Waals surface area contributed by atoms with Crippen LogP contribution in [-0.4, -0.2) is 63.1 Å². The van der Waals surface area contributed by atoms with E-state index in [9.17, 15) is 15.3 Å². The second-order valence-electron chi connectivity index (χ2n) is 13.1. The van der Waals surface area contributed by atoms with Gasteiger partial charge in [-0.15, -0.1) is 0 Å². The first-order valence-electron chi connectivity index (χ1n) is 17.2. The molecule has 8 atom stereocenters. The van der Waals surface area contributed by atoms with Crippen LogP contribution >= 0.6 is 0 Å². The van der Waals surface area contributed by atoms with E-state index >= 15 is 0 Å². The van der Waals surface area contributed by atoms with E-state index in [-0.39, 0.29) is 35.5 Å². The molecular formula is C41H50O11. The summed E-state index contributed by atoms with van der Waals surface area (Å²) in [6.45, 7) is 7.90. The fraction of sp³-hybridized carbons (Fsp3) is 0.415. The molecule has 280 valence electrons. The zero-order chi connectivity index (χ0) is 37.7. The molecule has 1 aliphatic heterocycles. The highest BCUT2D eigenvalue weighted by Crippen LogP contribution is 2.51. The van der Waals surface area contributed by atoms with Gasteiger partial charge in [0.1, 0.15) is 24.4 Å². The van der Waals surface area contributed by atoms with Crippen molar-refractivity contribution >= 4 is 0 Å². The molecule has 0 spiro atoms. The number of aliphatic hydroxyl groups is 2. The molecule has 5 rings (SSSR count). The minimum atomic E-state index is -0.988. The highest BCUT2D eigenvalue weighted by molar-refractivity contribution is 5.47. The van der Waals surface area contributed by atoms with Crippen LogP contribution in [0.25, 0.3) is 0 Å². The highest BCUT2D eigenvalue weighted by atomic mass is 16.5. The van der Waals surface area contributed by atoms with Crippen molar-refractivity contribution in [3.05, 3.63) is 95.1 Å². The fourth-order valence-corrected chi connectivity index (χ4v) is 6.62. The van der Waals surface area contributed by atoms with Crippen molar-refractivity contribution in [3.8, 4) is 46.0 Å². The number of rotatable bonds is 15. The monoisotopic (exact) mass is 718 g/mol. The molecule has 11 heteroatoms. The minimum Gasteiger partial charge on any atom is -0.504 e. The van der Waals surface area contributed by atoms with Crippen molar-refractivity contribution in [2.75, 3.05) is 35.5 Å². The topological polar surface area (TPSA) is 135 Å². The first-order valence-corrected chi connectivity index (χ1v) is 17.2. The fourth-order valence-electron chi connectivity index (χ4n) is 6.62. The summed E-state index contributed by atoms with van der Waals surface area (Å²) in [5.41, 5.74) is 3.06. The number of phenolic OH excluding ortho intramolecular Hbond substituents is 1. The number of hydrogen-bond donors (Lipinski definition) is 3. The van der Waals surface area contributed by atoms with Crippen LogP contribution in [0.3, 0.4) is 0 Å². The predicted octanol–water partition coefficient (Wildman–Crippen LogP) is 7.52. The average Bonchev–Trinajstić information content (AvgIpc) is 3.47. The third-order valence-electron chi connectivity index (χ3n) is 9.92. The Kier molecular flexibility index (Phi) is 12.3. The van der Waals surface area contributed by atoms with E-state index in [0.717, 1.165) is 11.1 Å². The maximum absolute atomic E-state index is 11.1. The summed E-state index contributed by atoms with van der Waals surface area (Å²) < 4.78 is 46.5. The third kappa shape index (κ3) is 7.96. The van der Waals surface area contributed by atoms with Crippen molar-refractivity contribution in [2.45, 2.75) is 64.3 Å². The molecule has 0 aromatic heterocycles. The molecule has 4 aromatic carbocycles. The summed E-state index contributed by atoms with van der Waals surface area (Å²) in [5, 5.41) is 32.0. The summed E-state index contributed by atoms with van der Waals surface area (Å²) in [7, 11) is 7.73. The zero-order valence-electron chi connectivity index (χ0n) is 31.2. The van der Waals surface area contributed by atoms with Gasteiger partial charge in [0.25, 0.3) is 0 Å². The Bertz CT molecular complexity index is 1810. The predicted molar refractivity (Wildman–Crippen MR) is 195 cm³/mol. The van der Waals surface area contributed by atoms with Crippen molar-refractivity contribution in [2.24, 2.45) is 11.8 Å². The van der Waals surface area contributed by atoms with Crippen LogP contribution in [0.1, 0.15) is 74.4 Å². The zero-order valence-corrected chi connectivity index (χ0v) is 31.2. The van der Waals surface area contributed by atoms with E-state index in [0.29, 0.717) is 45.6 Å². The Labute approximate surface area is 305 Å². The van der Waals surface area contributed by atoms with E-state index < -0.39 is 24.4 Å². The van der Waals surface area contributed by atoms with Crippen LogP contribution in [0.2, 0.25) is 0 Å². The van der Waals surface area contributed by atoms with E-state index in [4.69, 9.17) is 37.9 Å². The van der Waals surface area contributed by atoms with E-state index in [2.05, 4.69) is 13.8 Å².